The van der Waals surface area contributed by atoms with Crippen LogP contribution in [0.3, 0.4) is 0 Å². The van der Waals surface area contributed by atoms with Gasteiger partial charge in [-0.25, -0.2) is 9.47 Å². The number of carbonyl (C=O) groups excluding carboxylic acids is 1. The Kier molecular flexibility index (Phi) is 8.31. The zero-order valence-electron chi connectivity index (χ0n) is 21.3. The Hall–Kier alpha value is -4.32. The number of nitrogen functional groups attached to an aromatic ring is 2. The first kappa shape index (κ1) is 26.7. The molecule has 0 saturated heterocycles. The first-order valence-electron chi connectivity index (χ1n) is 12.2. The van der Waals surface area contributed by atoms with Crippen LogP contribution in [-0.4, -0.2) is 42.6 Å². The summed E-state index contributed by atoms with van der Waals surface area (Å²) >= 11 is 1.10. The van der Waals surface area contributed by atoms with Crippen molar-refractivity contribution >= 4 is 29.2 Å². The molecule has 0 fully saturated rings. The Morgan fingerprint density at radius 1 is 1.08 bits per heavy atom. The fourth-order valence-electron chi connectivity index (χ4n) is 3.92. The van der Waals surface area contributed by atoms with Crippen molar-refractivity contribution in [1.29, 1.82) is 0 Å². The minimum atomic E-state index is -0.713. The van der Waals surface area contributed by atoms with Crippen molar-refractivity contribution < 1.29 is 4.79 Å². The standard InChI is InChI=1S/C26H30N8O3S/c1-3-4-14-32(21-22(27)33(25(37)29-24(21)36)15-18-8-6-5-7-9-18)20(35)16-38-26-31-30-23(34(26)28)19-12-10-17(2)11-13-19/h5-13H,3-4,14-16,27-28H2,1-2H3,(H,29,36,37). The molecule has 0 spiro atoms. The topological polar surface area (TPSA) is 158 Å². The van der Waals surface area contributed by atoms with Crippen LogP contribution in [0.25, 0.3) is 11.4 Å². The number of rotatable bonds is 10. The Labute approximate surface area is 223 Å². The summed E-state index contributed by atoms with van der Waals surface area (Å²) in [5.41, 5.74) is 7.68. The second kappa shape index (κ2) is 11.8. The highest BCUT2D eigenvalue weighted by molar-refractivity contribution is 7.99. The van der Waals surface area contributed by atoms with Gasteiger partial charge >= 0.3 is 5.69 Å². The van der Waals surface area contributed by atoms with Gasteiger partial charge in [-0.05, 0) is 18.9 Å². The van der Waals surface area contributed by atoms with E-state index in [0.29, 0.717) is 17.4 Å². The Balaban J connectivity index is 1.60. The third-order valence-corrected chi connectivity index (χ3v) is 6.93. The minimum absolute atomic E-state index is 0.0471. The van der Waals surface area contributed by atoms with Crippen LogP contribution in [0, 0.1) is 6.92 Å². The van der Waals surface area contributed by atoms with Crippen molar-refractivity contribution in [2.75, 3.05) is 28.8 Å². The fraction of sp³-hybridized carbons (Fsp3) is 0.269. The molecule has 0 aliphatic rings. The van der Waals surface area contributed by atoms with E-state index in [1.165, 1.54) is 14.1 Å². The summed E-state index contributed by atoms with van der Waals surface area (Å²) in [6.45, 7) is 4.37. The van der Waals surface area contributed by atoms with Gasteiger partial charge in [0, 0.05) is 12.1 Å². The molecule has 0 aliphatic carbocycles. The average molecular weight is 535 g/mol. The van der Waals surface area contributed by atoms with Crippen molar-refractivity contribution in [2.45, 2.75) is 38.4 Å². The van der Waals surface area contributed by atoms with E-state index in [1.807, 2.05) is 68.4 Å². The number of carbonyl (C=O) groups is 1. The molecule has 1 amide bonds. The lowest BCUT2D eigenvalue weighted by atomic mass is 10.1. The first-order valence-corrected chi connectivity index (χ1v) is 13.2. The van der Waals surface area contributed by atoms with Crippen molar-refractivity contribution in [1.82, 2.24) is 24.4 Å². The van der Waals surface area contributed by atoms with Crippen molar-refractivity contribution in [3.05, 3.63) is 86.6 Å². The number of nitrogens with two attached hydrogens (primary N) is 2. The summed E-state index contributed by atoms with van der Waals surface area (Å²) in [7, 11) is 0. The number of H-pyrrole nitrogens is 1. The van der Waals surface area contributed by atoms with E-state index in [4.69, 9.17) is 11.6 Å². The van der Waals surface area contributed by atoms with E-state index < -0.39 is 11.2 Å². The van der Waals surface area contributed by atoms with Crippen LogP contribution in [0.2, 0.25) is 0 Å². The predicted molar refractivity (Wildman–Crippen MR) is 150 cm³/mol. The van der Waals surface area contributed by atoms with Crippen molar-refractivity contribution in [2.24, 2.45) is 0 Å². The maximum atomic E-state index is 13.4. The number of aryl methyl sites for hydroxylation is 1. The van der Waals surface area contributed by atoms with E-state index in [1.54, 1.807) is 0 Å². The first-order chi connectivity index (χ1) is 18.3. The summed E-state index contributed by atoms with van der Waals surface area (Å²) < 4.78 is 2.59. The normalized spacial score (nSPS) is 11.0. The van der Waals surface area contributed by atoms with E-state index in [0.717, 1.165) is 34.9 Å². The molecule has 0 bridgehead atoms. The lowest BCUT2D eigenvalue weighted by molar-refractivity contribution is -0.116. The zero-order valence-corrected chi connectivity index (χ0v) is 22.1. The smallest absolute Gasteiger partial charge is 0.330 e. The highest BCUT2D eigenvalue weighted by atomic mass is 32.2. The van der Waals surface area contributed by atoms with Crippen LogP contribution < -0.4 is 27.7 Å². The number of unbranched alkanes of at least 4 members (excludes halogenated alkanes) is 1. The number of nitrogens with zero attached hydrogens (tertiary/aromatic N) is 5. The Morgan fingerprint density at radius 3 is 2.47 bits per heavy atom. The second-order valence-corrected chi connectivity index (χ2v) is 9.74. The SMILES string of the molecule is CCCCN(C(=O)CSc1nnc(-c2ccc(C)cc2)n1N)c1c(N)n(Cc2ccccc2)c(=O)[nH]c1=O. The highest BCUT2D eigenvalue weighted by Crippen LogP contribution is 2.24. The molecule has 4 aromatic rings. The van der Waals surface area contributed by atoms with Gasteiger partial charge in [-0.2, -0.15) is 0 Å². The van der Waals surface area contributed by atoms with Crippen LogP contribution in [0.1, 0.15) is 30.9 Å². The van der Waals surface area contributed by atoms with Gasteiger partial charge in [-0.15, -0.1) is 10.2 Å². The van der Waals surface area contributed by atoms with Crippen molar-refractivity contribution in [3.8, 4) is 11.4 Å². The summed E-state index contributed by atoms with van der Waals surface area (Å²) in [6, 6.07) is 16.9. The monoisotopic (exact) mass is 534 g/mol. The molecular weight excluding hydrogens is 504 g/mol. The quantitative estimate of drug-likeness (QED) is 0.207. The van der Waals surface area contributed by atoms with Gasteiger partial charge in [0.1, 0.15) is 5.82 Å². The van der Waals surface area contributed by atoms with Gasteiger partial charge in [0.05, 0.1) is 12.3 Å². The molecular formula is C26H30N8O3S. The molecule has 0 unspecified atom stereocenters. The Bertz CT molecular complexity index is 1530. The highest BCUT2D eigenvalue weighted by Gasteiger charge is 2.25. The van der Waals surface area contributed by atoms with Gasteiger partial charge < -0.3 is 16.5 Å². The number of aromatic amines is 1. The molecule has 0 aliphatic heterocycles. The summed E-state index contributed by atoms with van der Waals surface area (Å²) in [5, 5.41) is 8.64. The lowest BCUT2D eigenvalue weighted by Gasteiger charge is -2.24. The molecule has 0 saturated carbocycles. The molecule has 2 aromatic heterocycles. The maximum absolute atomic E-state index is 13.4. The van der Waals surface area contributed by atoms with Crippen molar-refractivity contribution in [3.63, 3.8) is 0 Å². The molecule has 2 heterocycles. The predicted octanol–water partition coefficient (Wildman–Crippen LogP) is 2.37. The largest absolute Gasteiger partial charge is 0.383 e. The number of aromatic nitrogens is 5. The molecule has 4 rings (SSSR count). The molecule has 38 heavy (non-hydrogen) atoms. The van der Waals surface area contributed by atoms with Gasteiger partial charge in [-0.1, -0.05) is 85.3 Å². The molecule has 0 radical (unpaired) electrons. The fourth-order valence-corrected chi connectivity index (χ4v) is 4.65. The lowest BCUT2D eigenvalue weighted by Crippen LogP contribution is -2.42. The second-order valence-electron chi connectivity index (χ2n) is 8.79. The number of amides is 1. The number of nitrogens with one attached hydrogen (secondary N) is 1. The zero-order chi connectivity index (χ0) is 27.2. The molecule has 5 N–H and O–H groups in total. The number of hydrogen-bond acceptors (Lipinski definition) is 8. The average Bonchev–Trinajstić information content (AvgIpc) is 3.28. The number of benzene rings is 2. The summed E-state index contributed by atoms with van der Waals surface area (Å²) in [5.74, 6) is 6.18. The molecule has 198 valence electrons. The van der Waals surface area contributed by atoms with Crippen LogP contribution in [0.4, 0.5) is 11.5 Å². The van der Waals surface area contributed by atoms with Crippen LogP contribution in [0.15, 0.2) is 69.3 Å². The minimum Gasteiger partial charge on any atom is -0.383 e. The molecule has 11 nitrogen and oxygen atoms in total. The van der Waals surface area contributed by atoms with E-state index in [9.17, 15) is 14.4 Å². The number of hydrogen-bond donors (Lipinski definition) is 3. The summed E-state index contributed by atoms with van der Waals surface area (Å²) in [4.78, 5) is 42.6. The van der Waals surface area contributed by atoms with Gasteiger partial charge in [0.2, 0.25) is 11.1 Å². The van der Waals surface area contributed by atoms with Crippen LogP contribution >= 0.6 is 11.8 Å². The van der Waals surface area contributed by atoms with Crippen LogP contribution in [0.5, 0.6) is 0 Å². The number of anilines is 2. The van der Waals surface area contributed by atoms with Gasteiger partial charge in [0.25, 0.3) is 5.56 Å². The van der Waals surface area contributed by atoms with Gasteiger partial charge in [-0.3, -0.25) is 19.1 Å². The molecule has 12 heteroatoms. The summed E-state index contributed by atoms with van der Waals surface area (Å²) in [6.07, 6.45) is 1.42. The van der Waals surface area contributed by atoms with Crippen LogP contribution in [-0.2, 0) is 11.3 Å². The third-order valence-electron chi connectivity index (χ3n) is 6.00. The molecule has 2 aromatic carbocycles. The molecule has 0 atom stereocenters. The van der Waals surface area contributed by atoms with E-state index in [-0.39, 0.29) is 36.3 Å². The van der Waals surface area contributed by atoms with E-state index in [2.05, 4.69) is 15.2 Å². The van der Waals surface area contributed by atoms with E-state index >= 15 is 0 Å². The number of thioether (sulfide) groups is 1. The van der Waals surface area contributed by atoms with Gasteiger partial charge in [0.15, 0.2) is 11.5 Å². The third kappa shape index (κ3) is 5.80. The Morgan fingerprint density at radius 2 is 1.79 bits per heavy atom. The maximum Gasteiger partial charge on any atom is 0.330 e.